The van der Waals surface area contributed by atoms with Crippen LogP contribution in [0.2, 0.25) is 0 Å². The summed E-state index contributed by atoms with van der Waals surface area (Å²) >= 11 is 0. The molecule has 4 aliphatic rings. The number of carbonyl (C=O) groups is 2. The Labute approximate surface area is 123 Å². The van der Waals surface area contributed by atoms with E-state index in [4.69, 9.17) is 0 Å². The highest BCUT2D eigenvalue weighted by Crippen LogP contribution is 2.59. The molecule has 0 spiro atoms. The average Bonchev–Trinajstić information content (AvgIpc) is 2.39. The molecule has 3 atom stereocenters. The average molecular weight is 326 g/mol. The van der Waals surface area contributed by atoms with Gasteiger partial charge in [0.1, 0.15) is 5.78 Å². The zero-order valence-corrected chi connectivity index (χ0v) is 11.5. The molecule has 3 nitrogen and oxygen atoms in total. The predicted octanol–water partition coefficient (Wildman–Crippen LogP) is 3.12. The van der Waals surface area contributed by atoms with Gasteiger partial charge in [-0.2, -0.15) is 13.2 Å². The summed E-state index contributed by atoms with van der Waals surface area (Å²) in [4.78, 5) is 24.2. The summed E-state index contributed by atoms with van der Waals surface area (Å²) in [6.07, 6.45) is -10.6. The maximum Gasteiger partial charge on any atom is 0.431 e. The molecule has 0 radical (unpaired) electrons. The van der Waals surface area contributed by atoms with Gasteiger partial charge in [0.15, 0.2) is 0 Å². The van der Waals surface area contributed by atoms with Crippen molar-refractivity contribution in [3.8, 4) is 0 Å². The van der Waals surface area contributed by atoms with Crippen molar-refractivity contribution in [1.82, 2.24) is 0 Å². The normalized spacial score (nSPS) is 38.5. The van der Waals surface area contributed by atoms with Crippen molar-refractivity contribution >= 4 is 11.8 Å². The van der Waals surface area contributed by atoms with Gasteiger partial charge >= 0.3 is 12.1 Å². The number of alkyl halides is 5. The number of halogens is 5. The van der Waals surface area contributed by atoms with Crippen LogP contribution in [0.3, 0.4) is 0 Å². The summed E-state index contributed by atoms with van der Waals surface area (Å²) < 4.78 is 66.9. The molecule has 8 heteroatoms. The fourth-order valence-corrected chi connectivity index (χ4v) is 4.50. The van der Waals surface area contributed by atoms with Crippen molar-refractivity contribution in [3.05, 3.63) is 0 Å². The summed E-state index contributed by atoms with van der Waals surface area (Å²) in [5, 5.41) is 0. The van der Waals surface area contributed by atoms with E-state index in [1.54, 1.807) is 0 Å². The number of carbonyl (C=O) groups excluding carboxylic acids is 2. The highest BCUT2D eigenvalue weighted by molar-refractivity contribution is 5.89. The van der Waals surface area contributed by atoms with E-state index < -0.39 is 30.1 Å². The number of ether oxygens (including phenoxy) is 1. The SMILES string of the molecule is O=C1C2CC3CC1CC(C(=O)OC(C(F)F)C(F)(F)F)(C3)C2. The summed E-state index contributed by atoms with van der Waals surface area (Å²) in [7, 11) is 0. The quantitative estimate of drug-likeness (QED) is 0.591. The molecule has 0 aromatic rings. The van der Waals surface area contributed by atoms with Gasteiger partial charge < -0.3 is 4.74 Å². The van der Waals surface area contributed by atoms with Crippen LogP contribution in [0.4, 0.5) is 22.0 Å². The molecule has 4 fully saturated rings. The van der Waals surface area contributed by atoms with Gasteiger partial charge in [0.2, 0.25) is 0 Å². The second-order valence-corrected chi connectivity index (χ2v) is 6.73. The van der Waals surface area contributed by atoms with Gasteiger partial charge in [-0.1, -0.05) is 0 Å². The Balaban J connectivity index is 1.79. The minimum Gasteiger partial charge on any atom is -0.446 e. The molecule has 22 heavy (non-hydrogen) atoms. The Morgan fingerprint density at radius 3 is 2.14 bits per heavy atom. The maximum atomic E-state index is 12.6. The van der Waals surface area contributed by atoms with Crippen molar-refractivity contribution < 1.29 is 36.3 Å². The maximum absolute atomic E-state index is 12.6. The van der Waals surface area contributed by atoms with Crippen molar-refractivity contribution in [2.24, 2.45) is 23.2 Å². The van der Waals surface area contributed by atoms with Crippen LogP contribution in [0.25, 0.3) is 0 Å². The topological polar surface area (TPSA) is 43.4 Å². The molecule has 4 aliphatic carbocycles. The van der Waals surface area contributed by atoms with Crippen LogP contribution >= 0.6 is 0 Å². The fraction of sp³-hybridized carbons (Fsp3) is 0.857. The van der Waals surface area contributed by atoms with Crippen LogP contribution < -0.4 is 0 Å². The van der Waals surface area contributed by atoms with Crippen LogP contribution in [-0.4, -0.2) is 30.5 Å². The lowest BCUT2D eigenvalue weighted by Gasteiger charge is -2.54. The summed E-state index contributed by atoms with van der Waals surface area (Å²) in [5.74, 6) is -1.74. The zero-order chi connectivity index (χ0) is 16.3. The van der Waals surface area contributed by atoms with Crippen molar-refractivity contribution in [2.75, 3.05) is 0 Å². The number of Topliss-reactive ketones (excluding diaryl/α,β-unsaturated/α-hetero) is 1. The van der Waals surface area contributed by atoms with Gasteiger partial charge in [0.05, 0.1) is 5.41 Å². The Bertz CT molecular complexity index is 483. The number of hydrogen-bond donors (Lipinski definition) is 0. The predicted molar refractivity (Wildman–Crippen MR) is 62.9 cm³/mol. The third-order valence-electron chi connectivity index (χ3n) is 5.21. The number of esters is 1. The van der Waals surface area contributed by atoms with Crippen LogP contribution in [-0.2, 0) is 14.3 Å². The summed E-state index contributed by atoms with van der Waals surface area (Å²) in [6, 6.07) is 0. The van der Waals surface area contributed by atoms with Gasteiger partial charge in [-0.3, -0.25) is 9.59 Å². The Morgan fingerprint density at radius 1 is 1.14 bits per heavy atom. The second kappa shape index (κ2) is 4.89. The third-order valence-corrected chi connectivity index (χ3v) is 5.21. The van der Waals surface area contributed by atoms with Crippen LogP contribution in [0.1, 0.15) is 32.1 Å². The molecule has 0 amide bonds. The van der Waals surface area contributed by atoms with Gasteiger partial charge in [0, 0.05) is 11.8 Å². The first-order valence-corrected chi connectivity index (χ1v) is 7.22. The van der Waals surface area contributed by atoms with Gasteiger partial charge in [-0.25, -0.2) is 8.78 Å². The molecule has 4 bridgehead atoms. The first-order chi connectivity index (χ1) is 10.1. The Kier molecular flexibility index (Phi) is 3.49. The summed E-state index contributed by atoms with van der Waals surface area (Å²) in [6.45, 7) is 0. The highest BCUT2D eigenvalue weighted by atomic mass is 19.4. The van der Waals surface area contributed by atoms with Crippen molar-refractivity contribution in [1.29, 1.82) is 0 Å². The number of ketones is 1. The van der Waals surface area contributed by atoms with E-state index >= 15 is 0 Å². The molecular formula is C14H15F5O3. The van der Waals surface area contributed by atoms with Crippen LogP contribution in [0, 0.1) is 23.2 Å². The minimum atomic E-state index is -5.30. The molecule has 0 aromatic heterocycles. The number of rotatable bonds is 3. The monoisotopic (exact) mass is 326 g/mol. The molecule has 124 valence electrons. The molecular weight excluding hydrogens is 311 g/mol. The lowest BCUT2D eigenvalue weighted by molar-refractivity contribution is -0.256. The van der Waals surface area contributed by atoms with E-state index in [9.17, 15) is 31.5 Å². The standard InChI is InChI=1S/C14H15F5O3/c15-11(16)10(14(17,18)19)22-12(21)13-3-6-1-7(4-13)9(20)8(2-6)5-13/h6-8,10-11H,1-5H2. The molecule has 0 saturated heterocycles. The number of hydrogen-bond acceptors (Lipinski definition) is 3. The lowest BCUT2D eigenvalue weighted by Crippen LogP contribution is -2.56. The van der Waals surface area contributed by atoms with E-state index in [0.29, 0.717) is 19.3 Å². The van der Waals surface area contributed by atoms with E-state index in [2.05, 4.69) is 4.74 Å². The van der Waals surface area contributed by atoms with Crippen LogP contribution in [0.15, 0.2) is 0 Å². The van der Waals surface area contributed by atoms with Crippen LogP contribution in [0.5, 0.6) is 0 Å². The van der Waals surface area contributed by atoms with Gasteiger partial charge in [0.25, 0.3) is 12.5 Å². The van der Waals surface area contributed by atoms with E-state index in [0.717, 1.165) is 0 Å². The third kappa shape index (κ3) is 2.40. The van der Waals surface area contributed by atoms with Crippen molar-refractivity contribution in [2.45, 2.75) is 50.8 Å². The summed E-state index contributed by atoms with van der Waals surface area (Å²) in [5.41, 5.74) is -1.19. The molecule has 0 aliphatic heterocycles. The molecule has 0 N–H and O–H groups in total. The smallest absolute Gasteiger partial charge is 0.431 e. The molecule has 3 unspecified atom stereocenters. The fourth-order valence-electron chi connectivity index (χ4n) is 4.50. The first kappa shape index (κ1) is 15.7. The first-order valence-electron chi connectivity index (χ1n) is 7.22. The lowest BCUT2D eigenvalue weighted by atomic mass is 9.49. The Morgan fingerprint density at radius 2 is 1.68 bits per heavy atom. The van der Waals surface area contributed by atoms with Gasteiger partial charge in [-0.05, 0) is 38.0 Å². The van der Waals surface area contributed by atoms with E-state index in [1.807, 2.05) is 0 Å². The van der Waals surface area contributed by atoms with Crippen molar-refractivity contribution in [3.63, 3.8) is 0 Å². The van der Waals surface area contributed by atoms with E-state index in [-0.39, 0.29) is 36.4 Å². The van der Waals surface area contributed by atoms with E-state index in [1.165, 1.54) is 0 Å². The van der Waals surface area contributed by atoms with Gasteiger partial charge in [-0.15, -0.1) is 0 Å². The molecule has 0 aromatic carbocycles. The highest BCUT2D eigenvalue weighted by Gasteiger charge is 2.60. The zero-order valence-electron chi connectivity index (χ0n) is 11.5. The largest absolute Gasteiger partial charge is 0.446 e. The molecule has 4 saturated carbocycles. The Hall–Kier alpha value is -1.21. The second-order valence-electron chi connectivity index (χ2n) is 6.73. The molecule has 0 heterocycles. The molecule has 4 rings (SSSR count). The minimum absolute atomic E-state index is 0.0561.